The van der Waals surface area contributed by atoms with Crippen LogP contribution in [0.3, 0.4) is 0 Å². The molecule has 10 heteroatoms. The number of carbonyl (C=O) groups is 3. The minimum atomic E-state index is -2.92. The zero-order valence-electron chi connectivity index (χ0n) is 20.8. The second-order valence-corrected chi connectivity index (χ2v) is 8.45. The number of ketones is 1. The molecule has 0 unspecified atom stereocenters. The van der Waals surface area contributed by atoms with Crippen molar-refractivity contribution in [3.8, 4) is 11.4 Å². The summed E-state index contributed by atoms with van der Waals surface area (Å²) in [6.45, 7) is 1.89. The van der Waals surface area contributed by atoms with Gasteiger partial charge >= 0.3 is 12.6 Å². The molecule has 196 valence electrons. The van der Waals surface area contributed by atoms with Gasteiger partial charge in [0.25, 0.3) is 5.91 Å². The summed E-state index contributed by atoms with van der Waals surface area (Å²) in [7, 11) is 0. The number of esters is 1. The molecular formula is C28H24F2N2O6. The van der Waals surface area contributed by atoms with E-state index in [1.807, 2.05) is 0 Å². The number of anilines is 1. The minimum absolute atomic E-state index is 0.0224. The summed E-state index contributed by atoms with van der Waals surface area (Å²) >= 11 is 0. The maximum Gasteiger partial charge on any atom is 0.387 e. The van der Waals surface area contributed by atoms with Crippen LogP contribution in [0, 0.1) is 20.8 Å². The lowest BCUT2D eigenvalue weighted by Crippen LogP contribution is -2.16. The van der Waals surface area contributed by atoms with Gasteiger partial charge in [-0.15, -0.1) is 0 Å². The van der Waals surface area contributed by atoms with E-state index in [1.54, 1.807) is 55.7 Å². The summed E-state index contributed by atoms with van der Waals surface area (Å²) in [5.41, 5.74) is 3.63. The van der Waals surface area contributed by atoms with E-state index in [0.717, 1.165) is 11.3 Å². The molecule has 0 aliphatic heterocycles. The Morgan fingerprint density at radius 2 is 1.74 bits per heavy atom. The zero-order valence-corrected chi connectivity index (χ0v) is 20.8. The Balaban J connectivity index is 1.44. The van der Waals surface area contributed by atoms with E-state index in [0.29, 0.717) is 22.6 Å². The molecule has 0 aliphatic rings. The molecule has 0 saturated heterocycles. The number of hydrogen-bond acceptors (Lipinski definition) is 6. The Morgan fingerprint density at radius 3 is 2.39 bits per heavy atom. The van der Waals surface area contributed by atoms with Gasteiger partial charge in [-0.05, 0) is 80.9 Å². The van der Waals surface area contributed by atoms with Gasteiger partial charge in [-0.3, -0.25) is 9.59 Å². The average molecular weight is 523 g/mol. The molecule has 4 aromatic rings. The molecule has 2 heterocycles. The quantitative estimate of drug-likeness (QED) is 0.217. The number of carbonyl (C=O) groups excluding carboxylic acids is 3. The number of nitrogens with one attached hydrogen (secondary N) is 1. The summed E-state index contributed by atoms with van der Waals surface area (Å²) in [5, 5.41) is 2.69. The van der Waals surface area contributed by atoms with Gasteiger partial charge in [-0.1, -0.05) is 6.07 Å². The maximum atomic E-state index is 12.9. The second kappa shape index (κ2) is 11.1. The first-order chi connectivity index (χ1) is 18.1. The number of amides is 1. The first-order valence-corrected chi connectivity index (χ1v) is 11.5. The summed E-state index contributed by atoms with van der Waals surface area (Å²) < 4.78 is 41.4. The molecule has 0 spiro atoms. The van der Waals surface area contributed by atoms with Crippen molar-refractivity contribution >= 4 is 23.3 Å². The fourth-order valence-corrected chi connectivity index (χ4v) is 3.99. The number of halogens is 2. The number of furan rings is 1. The van der Waals surface area contributed by atoms with E-state index in [2.05, 4.69) is 10.1 Å². The molecule has 2 aromatic carbocycles. The van der Waals surface area contributed by atoms with Crippen molar-refractivity contribution < 1.29 is 37.1 Å². The summed E-state index contributed by atoms with van der Waals surface area (Å²) in [6.07, 6.45) is 1.38. The van der Waals surface area contributed by atoms with Crippen LogP contribution in [0.2, 0.25) is 0 Å². The number of rotatable bonds is 9. The second-order valence-electron chi connectivity index (χ2n) is 8.45. The monoisotopic (exact) mass is 522 g/mol. The number of aromatic nitrogens is 1. The Morgan fingerprint density at radius 1 is 1.00 bits per heavy atom. The highest BCUT2D eigenvalue weighted by atomic mass is 19.3. The van der Waals surface area contributed by atoms with Crippen molar-refractivity contribution in [3.05, 3.63) is 101 Å². The summed E-state index contributed by atoms with van der Waals surface area (Å²) in [5.74, 6) is -1.46. The van der Waals surface area contributed by atoms with Crippen LogP contribution in [-0.4, -0.2) is 35.4 Å². The van der Waals surface area contributed by atoms with Crippen molar-refractivity contribution in [2.24, 2.45) is 0 Å². The van der Waals surface area contributed by atoms with Gasteiger partial charge in [0.15, 0.2) is 12.4 Å². The third-order valence-electron chi connectivity index (χ3n) is 5.85. The molecule has 8 nitrogen and oxygen atoms in total. The Labute approximate surface area is 216 Å². The lowest BCUT2D eigenvalue weighted by atomic mass is 10.1. The molecule has 4 rings (SSSR count). The number of nitrogens with zero attached hydrogens (tertiary/aromatic N) is 1. The molecular weight excluding hydrogens is 498 g/mol. The van der Waals surface area contributed by atoms with E-state index in [1.165, 1.54) is 36.6 Å². The van der Waals surface area contributed by atoms with Crippen LogP contribution in [0.25, 0.3) is 5.69 Å². The molecule has 0 atom stereocenters. The van der Waals surface area contributed by atoms with Gasteiger partial charge in [0.2, 0.25) is 5.78 Å². The smallest absolute Gasteiger partial charge is 0.387 e. The minimum Gasteiger partial charge on any atom is -0.459 e. The van der Waals surface area contributed by atoms with Gasteiger partial charge in [0.1, 0.15) is 5.75 Å². The normalized spacial score (nSPS) is 10.9. The highest BCUT2D eigenvalue weighted by Gasteiger charge is 2.20. The zero-order chi connectivity index (χ0) is 27.4. The lowest BCUT2D eigenvalue weighted by Gasteiger charge is -2.12. The van der Waals surface area contributed by atoms with Crippen molar-refractivity contribution in [2.75, 3.05) is 11.9 Å². The molecule has 1 amide bonds. The molecule has 0 radical (unpaired) electrons. The molecule has 1 N–H and O–H groups in total. The summed E-state index contributed by atoms with van der Waals surface area (Å²) in [4.78, 5) is 37.9. The molecule has 0 bridgehead atoms. The van der Waals surface area contributed by atoms with Crippen LogP contribution >= 0.6 is 0 Å². The fraction of sp³-hybridized carbons (Fsp3) is 0.179. The predicted octanol–water partition coefficient (Wildman–Crippen LogP) is 5.89. The van der Waals surface area contributed by atoms with Crippen molar-refractivity contribution in [3.63, 3.8) is 0 Å². The van der Waals surface area contributed by atoms with Crippen LogP contribution in [0.4, 0.5) is 14.5 Å². The van der Waals surface area contributed by atoms with Crippen LogP contribution in [0.1, 0.15) is 48.2 Å². The van der Waals surface area contributed by atoms with Crippen molar-refractivity contribution in [1.82, 2.24) is 4.57 Å². The predicted molar refractivity (Wildman–Crippen MR) is 134 cm³/mol. The van der Waals surface area contributed by atoms with Crippen LogP contribution in [0.15, 0.2) is 71.3 Å². The van der Waals surface area contributed by atoms with Gasteiger partial charge in [-0.2, -0.15) is 8.78 Å². The number of benzene rings is 2. The van der Waals surface area contributed by atoms with Crippen LogP contribution < -0.4 is 10.1 Å². The highest BCUT2D eigenvalue weighted by molar-refractivity contribution is 6.04. The topological polar surface area (TPSA) is 99.8 Å². The van der Waals surface area contributed by atoms with Crippen molar-refractivity contribution in [2.45, 2.75) is 27.4 Å². The Kier molecular flexibility index (Phi) is 7.71. The van der Waals surface area contributed by atoms with Gasteiger partial charge in [0.05, 0.1) is 11.8 Å². The standard InChI is InChI=1S/C28H24F2N2O6/c1-16-6-7-19(14-23(16)31-26(34)25-5-4-12-36-25)27(35)37-15-24(33)22-13-17(2)32(18(22)3)20-8-10-21(11-9-20)38-28(29)30/h4-14,28H,15H2,1-3H3,(H,31,34). The molecule has 0 aliphatic carbocycles. The van der Waals surface area contributed by atoms with Crippen molar-refractivity contribution in [1.29, 1.82) is 0 Å². The van der Waals surface area contributed by atoms with Gasteiger partial charge < -0.3 is 23.8 Å². The lowest BCUT2D eigenvalue weighted by molar-refractivity contribution is -0.0498. The number of aryl methyl sites for hydroxylation is 2. The van der Waals surface area contributed by atoms with E-state index in [-0.39, 0.29) is 17.1 Å². The number of hydrogen-bond donors (Lipinski definition) is 1. The van der Waals surface area contributed by atoms with Crippen LogP contribution in [0.5, 0.6) is 5.75 Å². The average Bonchev–Trinajstić information content (AvgIpc) is 3.52. The molecule has 0 fully saturated rings. The third-order valence-corrected chi connectivity index (χ3v) is 5.85. The summed E-state index contributed by atoms with van der Waals surface area (Å²) in [6, 6.07) is 15.5. The van der Waals surface area contributed by atoms with E-state index < -0.39 is 30.9 Å². The van der Waals surface area contributed by atoms with E-state index >= 15 is 0 Å². The molecule has 2 aromatic heterocycles. The van der Waals surface area contributed by atoms with Gasteiger partial charge in [-0.25, -0.2) is 4.79 Å². The first kappa shape index (κ1) is 26.3. The molecule has 38 heavy (non-hydrogen) atoms. The first-order valence-electron chi connectivity index (χ1n) is 11.5. The maximum absolute atomic E-state index is 12.9. The van der Waals surface area contributed by atoms with E-state index in [4.69, 9.17) is 9.15 Å². The SMILES string of the molecule is Cc1ccc(C(=O)OCC(=O)c2cc(C)n(-c3ccc(OC(F)F)cc3)c2C)cc1NC(=O)c1ccco1. The number of ether oxygens (including phenoxy) is 2. The van der Waals surface area contributed by atoms with Gasteiger partial charge in [0, 0.05) is 28.3 Å². The fourth-order valence-electron chi connectivity index (χ4n) is 3.99. The van der Waals surface area contributed by atoms with E-state index in [9.17, 15) is 23.2 Å². The Bertz CT molecular complexity index is 1470. The van der Waals surface area contributed by atoms with Crippen LogP contribution in [-0.2, 0) is 4.74 Å². The number of Topliss-reactive ketones (excluding diaryl/α,β-unsaturated/α-hetero) is 1. The molecule has 0 saturated carbocycles. The third kappa shape index (κ3) is 5.80. The Hall–Kier alpha value is -4.73. The highest BCUT2D eigenvalue weighted by Crippen LogP contribution is 2.24. The number of alkyl halides is 2. The largest absolute Gasteiger partial charge is 0.459 e.